The van der Waals surface area contributed by atoms with E-state index in [4.69, 9.17) is 11.6 Å². The number of pyridine rings is 1. The van der Waals surface area contributed by atoms with Gasteiger partial charge in [-0.15, -0.1) is 0 Å². The molecule has 0 aliphatic heterocycles. The van der Waals surface area contributed by atoms with Crippen molar-refractivity contribution >= 4 is 27.3 Å². The highest BCUT2D eigenvalue weighted by Gasteiger charge is 2.21. The van der Waals surface area contributed by atoms with Crippen LogP contribution < -0.4 is 4.72 Å². The van der Waals surface area contributed by atoms with Crippen LogP contribution >= 0.6 is 11.6 Å². The first-order valence-electron chi connectivity index (χ1n) is 5.29. The Morgan fingerprint density at radius 2 is 2.05 bits per heavy atom. The van der Waals surface area contributed by atoms with Crippen molar-refractivity contribution in [2.75, 3.05) is 4.72 Å². The minimum absolute atomic E-state index is 0.187. The first-order valence-corrected chi connectivity index (χ1v) is 7.16. The Labute approximate surface area is 115 Å². The third-order valence-corrected chi connectivity index (χ3v) is 3.97. The number of hydrogen-bond acceptors (Lipinski definition) is 3. The Morgan fingerprint density at radius 3 is 2.74 bits per heavy atom. The number of nitrogens with zero attached hydrogens (tertiary/aromatic N) is 1. The molecule has 0 atom stereocenters. The fourth-order valence-electron chi connectivity index (χ4n) is 1.48. The Bertz CT molecular complexity index is 719. The number of benzene rings is 1. The molecule has 0 saturated heterocycles. The van der Waals surface area contributed by atoms with Gasteiger partial charge in [0.2, 0.25) is 5.03 Å². The first kappa shape index (κ1) is 13.8. The van der Waals surface area contributed by atoms with Crippen molar-refractivity contribution in [1.29, 1.82) is 0 Å². The van der Waals surface area contributed by atoms with Crippen LogP contribution in [0.1, 0.15) is 5.56 Å². The fraction of sp³-hybridized carbons (Fsp3) is 0.0833. The van der Waals surface area contributed by atoms with Gasteiger partial charge in [0.05, 0.1) is 10.7 Å². The van der Waals surface area contributed by atoms with Gasteiger partial charge in [-0.25, -0.2) is 9.37 Å². The van der Waals surface area contributed by atoms with E-state index < -0.39 is 20.9 Å². The minimum atomic E-state index is -4.10. The Kier molecular flexibility index (Phi) is 3.73. The molecule has 1 heterocycles. The lowest BCUT2D eigenvalue weighted by molar-refractivity contribution is 0.557. The van der Waals surface area contributed by atoms with Gasteiger partial charge in [-0.05, 0) is 36.8 Å². The molecule has 7 heteroatoms. The molecule has 0 saturated carbocycles. The number of nitrogens with one attached hydrogen (secondary N) is 1. The summed E-state index contributed by atoms with van der Waals surface area (Å²) in [6.07, 6.45) is 1.20. The van der Waals surface area contributed by atoms with Gasteiger partial charge in [0.15, 0.2) is 5.82 Å². The molecular weight excluding hydrogens is 291 g/mol. The van der Waals surface area contributed by atoms with Gasteiger partial charge >= 0.3 is 0 Å². The van der Waals surface area contributed by atoms with Gasteiger partial charge < -0.3 is 0 Å². The molecule has 100 valence electrons. The van der Waals surface area contributed by atoms with Gasteiger partial charge in [-0.3, -0.25) is 4.72 Å². The molecule has 0 fully saturated rings. The molecular formula is C12H10ClFN2O2S. The summed E-state index contributed by atoms with van der Waals surface area (Å²) in [5.74, 6) is -0.918. The van der Waals surface area contributed by atoms with E-state index in [9.17, 15) is 12.8 Å². The lowest BCUT2D eigenvalue weighted by Crippen LogP contribution is -2.16. The second-order valence-electron chi connectivity index (χ2n) is 3.88. The molecule has 0 unspecified atom stereocenters. The van der Waals surface area contributed by atoms with Gasteiger partial charge in [0, 0.05) is 6.20 Å². The van der Waals surface area contributed by atoms with Gasteiger partial charge in [-0.1, -0.05) is 17.7 Å². The van der Waals surface area contributed by atoms with Gasteiger partial charge in [-0.2, -0.15) is 8.42 Å². The van der Waals surface area contributed by atoms with Crippen molar-refractivity contribution in [3.8, 4) is 0 Å². The first-order chi connectivity index (χ1) is 8.90. The number of rotatable bonds is 3. The van der Waals surface area contributed by atoms with E-state index in [1.54, 1.807) is 25.1 Å². The quantitative estimate of drug-likeness (QED) is 0.948. The van der Waals surface area contributed by atoms with Crippen molar-refractivity contribution in [3.05, 3.63) is 52.9 Å². The molecule has 0 amide bonds. The molecule has 1 aromatic heterocycles. The third kappa shape index (κ3) is 3.02. The van der Waals surface area contributed by atoms with Gasteiger partial charge in [0.25, 0.3) is 10.0 Å². The van der Waals surface area contributed by atoms with E-state index in [1.807, 2.05) is 0 Å². The summed E-state index contributed by atoms with van der Waals surface area (Å²) in [5, 5.41) is -0.432. The van der Waals surface area contributed by atoms with Crippen LogP contribution in [0.4, 0.5) is 10.1 Å². The molecule has 2 rings (SSSR count). The molecule has 1 aromatic carbocycles. The predicted octanol–water partition coefficient (Wildman–Crippen LogP) is 2.98. The number of aromatic nitrogens is 1. The zero-order chi connectivity index (χ0) is 14.0. The molecule has 4 nitrogen and oxygen atoms in total. The molecule has 0 aliphatic rings. The number of aryl methyl sites for hydroxylation is 1. The standard InChI is InChI=1S/C12H10ClFN2O2S/c1-8-4-5-9(13)11(7-8)16-19(17,18)12-10(14)3-2-6-15-12/h2-7,16H,1H3. The van der Waals surface area contributed by atoms with E-state index >= 15 is 0 Å². The number of anilines is 1. The topological polar surface area (TPSA) is 59.1 Å². The second-order valence-corrected chi connectivity index (χ2v) is 5.88. The van der Waals surface area contributed by atoms with Crippen LogP contribution in [0.25, 0.3) is 0 Å². The smallest absolute Gasteiger partial charge is 0.277 e. The Hall–Kier alpha value is -1.66. The highest BCUT2D eigenvalue weighted by atomic mass is 35.5. The lowest BCUT2D eigenvalue weighted by Gasteiger charge is -2.10. The number of sulfonamides is 1. The minimum Gasteiger partial charge on any atom is -0.277 e. The van der Waals surface area contributed by atoms with E-state index in [0.717, 1.165) is 11.6 Å². The molecule has 19 heavy (non-hydrogen) atoms. The number of halogens is 2. The highest BCUT2D eigenvalue weighted by molar-refractivity contribution is 7.92. The summed E-state index contributed by atoms with van der Waals surface area (Å²) in [6, 6.07) is 7.19. The normalized spacial score (nSPS) is 11.3. The van der Waals surface area contributed by atoms with Crippen molar-refractivity contribution in [1.82, 2.24) is 4.98 Å². The average Bonchev–Trinajstić information content (AvgIpc) is 2.34. The summed E-state index contributed by atoms with van der Waals surface area (Å²) in [7, 11) is -4.10. The molecule has 0 bridgehead atoms. The summed E-state index contributed by atoms with van der Waals surface area (Å²) >= 11 is 5.89. The van der Waals surface area contributed by atoms with Crippen LogP contribution in [0.3, 0.4) is 0 Å². The summed E-state index contributed by atoms with van der Waals surface area (Å²) in [6.45, 7) is 1.79. The van der Waals surface area contributed by atoms with Gasteiger partial charge in [0.1, 0.15) is 0 Å². The summed E-state index contributed by atoms with van der Waals surface area (Å²) in [5.41, 5.74) is 1.01. The van der Waals surface area contributed by atoms with Crippen LogP contribution in [0.5, 0.6) is 0 Å². The Balaban J connectivity index is 2.43. The van der Waals surface area contributed by atoms with E-state index in [1.165, 1.54) is 12.3 Å². The summed E-state index contributed by atoms with van der Waals surface area (Å²) in [4.78, 5) is 3.53. The predicted molar refractivity (Wildman–Crippen MR) is 71.2 cm³/mol. The third-order valence-electron chi connectivity index (χ3n) is 2.35. The largest absolute Gasteiger partial charge is 0.282 e. The molecule has 2 aromatic rings. The van der Waals surface area contributed by atoms with Crippen molar-refractivity contribution in [2.45, 2.75) is 11.9 Å². The van der Waals surface area contributed by atoms with Crippen LogP contribution in [-0.2, 0) is 10.0 Å². The lowest BCUT2D eigenvalue weighted by atomic mass is 10.2. The molecule has 0 radical (unpaired) electrons. The van der Waals surface area contributed by atoms with Crippen LogP contribution in [0, 0.1) is 12.7 Å². The monoisotopic (exact) mass is 300 g/mol. The number of hydrogen-bond donors (Lipinski definition) is 1. The zero-order valence-electron chi connectivity index (χ0n) is 9.89. The maximum absolute atomic E-state index is 13.5. The van der Waals surface area contributed by atoms with Crippen molar-refractivity contribution in [2.24, 2.45) is 0 Å². The van der Waals surface area contributed by atoms with Crippen molar-refractivity contribution in [3.63, 3.8) is 0 Å². The van der Waals surface area contributed by atoms with E-state index in [2.05, 4.69) is 9.71 Å². The molecule has 0 spiro atoms. The molecule has 1 N–H and O–H groups in total. The SMILES string of the molecule is Cc1ccc(Cl)c(NS(=O)(=O)c2ncccc2F)c1. The molecule has 0 aliphatic carbocycles. The zero-order valence-corrected chi connectivity index (χ0v) is 11.5. The highest BCUT2D eigenvalue weighted by Crippen LogP contribution is 2.25. The van der Waals surface area contributed by atoms with Crippen LogP contribution in [0.15, 0.2) is 41.6 Å². The van der Waals surface area contributed by atoms with Crippen molar-refractivity contribution < 1.29 is 12.8 Å². The van der Waals surface area contributed by atoms with Crippen LogP contribution in [-0.4, -0.2) is 13.4 Å². The maximum atomic E-state index is 13.5. The second kappa shape index (κ2) is 5.14. The van der Waals surface area contributed by atoms with E-state index in [-0.39, 0.29) is 10.7 Å². The van der Waals surface area contributed by atoms with E-state index in [0.29, 0.717) is 0 Å². The van der Waals surface area contributed by atoms with Crippen LogP contribution in [0.2, 0.25) is 5.02 Å². The average molecular weight is 301 g/mol. The Morgan fingerprint density at radius 1 is 1.32 bits per heavy atom. The fourth-order valence-corrected chi connectivity index (χ4v) is 2.78. The maximum Gasteiger partial charge on any atom is 0.282 e. The summed E-state index contributed by atoms with van der Waals surface area (Å²) < 4.78 is 39.7.